The van der Waals surface area contributed by atoms with E-state index in [2.05, 4.69) is 10.3 Å². The highest BCUT2D eigenvalue weighted by molar-refractivity contribution is 5.94. The zero-order chi connectivity index (χ0) is 20.8. The first kappa shape index (κ1) is 19.4. The van der Waals surface area contributed by atoms with Crippen LogP contribution >= 0.6 is 0 Å². The number of hydrogen-bond acceptors (Lipinski definition) is 4. The Kier molecular flexibility index (Phi) is 5.85. The Balaban J connectivity index is 1.60. The Morgan fingerprint density at radius 1 is 1.00 bits per heavy atom. The Bertz CT molecular complexity index is 1110. The number of pyridine rings is 1. The van der Waals surface area contributed by atoms with E-state index in [1.54, 1.807) is 18.0 Å². The Morgan fingerprint density at radius 2 is 1.77 bits per heavy atom. The van der Waals surface area contributed by atoms with Crippen molar-refractivity contribution in [2.75, 3.05) is 13.7 Å². The minimum Gasteiger partial charge on any atom is -0.497 e. The maximum Gasteiger partial charge on any atom is 0.270 e. The van der Waals surface area contributed by atoms with Crippen molar-refractivity contribution < 1.29 is 9.53 Å². The van der Waals surface area contributed by atoms with Crippen LogP contribution in [0.25, 0.3) is 16.9 Å². The van der Waals surface area contributed by atoms with E-state index in [1.807, 2.05) is 78.9 Å². The van der Waals surface area contributed by atoms with Crippen LogP contribution in [0.4, 0.5) is 0 Å². The summed E-state index contributed by atoms with van der Waals surface area (Å²) in [5.74, 6) is 0.562. The first-order valence-electron chi connectivity index (χ1n) is 9.72. The number of nitrogens with one attached hydrogen (secondary N) is 1. The number of methoxy groups -OCH3 is 1. The van der Waals surface area contributed by atoms with Gasteiger partial charge in [0.1, 0.15) is 11.4 Å². The van der Waals surface area contributed by atoms with Gasteiger partial charge in [0.15, 0.2) is 0 Å². The number of nitrogens with zero attached hydrogens (tertiary/aromatic N) is 3. The maximum atomic E-state index is 13.0. The molecular formula is C24H22N4O2. The first-order chi connectivity index (χ1) is 14.7. The molecule has 1 amide bonds. The van der Waals surface area contributed by atoms with Crippen molar-refractivity contribution in [3.8, 4) is 22.7 Å². The maximum absolute atomic E-state index is 13.0. The van der Waals surface area contributed by atoms with E-state index in [9.17, 15) is 4.79 Å². The fourth-order valence-electron chi connectivity index (χ4n) is 3.15. The van der Waals surface area contributed by atoms with Gasteiger partial charge in [0.25, 0.3) is 5.91 Å². The molecule has 0 aliphatic heterocycles. The molecule has 0 aliphatic carbocycles. The summed E-state index contributed by atoms with van der Waals surface area (Å²) in [6, 6.07) is 24.8. The van der Waals surface area contributed by atoms with Crippen molar-refractivity contribution in [2.45, 2.75) is 6.42 Å². The van der Waals surface area contributed by atoms with Crippen molar-refractivity contribution in [3.63, 3.8) is 0 Å². The molecule has 2 aromatic heterocycles. The highest BCUT2D eigenvalue weighted by Gasteiger charge is 2.17. The number of rotatable bonds is 7. The number of ether oxygens (including phenoxy) is 1. The largest absolute Gasteiger partial charge is 0.497 e. The van der Waals surface area contributed by atoms with Gasteiger partial charge in [-0.25, -0.2) is 4.68 Å². The number of benzene rings is 2. The molecule has 0 atom stereocenters. The van der Waals surface area contributed by atoms with Crippen LogP contribution < -0.4 is 10.1 Å². The molecule has 0 spiro atoms. The van der Waals surface area contributed by atoms with E-state index in [4.69, 9.17) is 9.84 Å². The van der Waals surface area contributed by atoms with Gasteiger partial charge in [-0.15, -0.1) is 0 Å². The summed E-state index contributed by atoms with van der Waals surface area (Å²) in [5.41, 5.74) is 3.88. The van der Waals surface area contributed by atoms with E-state index in [1.165, 1.54) is 0 Å². The number of carbonyl (C=O) groups is 1. The monoisotopic (exact) mass is 398 g/mol. The molecule has 4 rings (SSSR count). The van der Waals surface area contributed by atoms with Crippen molar-refractivity contribution in [1.29, 1.82) is 0 Å². The summed E-state index contributed by atoms with van der Waals surface area (Å²) in [4.78, 5) is 17.3. The van der Waals surface area contributed by atoms with Crippen molar-refractivity contribution >= 4 is 5.91 Å². The van der Waals surface area contributed by atoms with Crippen LogP contribution in [0.5, 0.6) is 5.75 Å². The van der Waals surface area contributed by atoms with Gasteiger partial charge in [0.2, 0.25) is 0 Å². The third kappa shape index (κ3) is 4.38. The lowest BCUT2D eigenvalue weighted by atomic mass is 10.1. The minimum atomic E-state index is -0.184. The second-order valence-corrected chi connectivity index (χ2v) is 6.72. The fourth-order valence-corrected chi connectivity index (χ4v) is 3.15. The van der Waals surface area contributed by atoms with Gasteiger partial charge >= 0.3 is 0 Å². The number of aromatic nitrogens is 3. The van der Waals surface area contributed by atoms with E-state index in [-0.39, 0.29) is 5.91 Å². The molecule has 0 fully saturated rings. The second kappa shape index (κ2) is 9.05. The highest BCUT2D eigenvalue weighted by atomic mass is 16.5. The third-order valence-corrected chi connectivity index (χ3v) is 4.72. The van der Waals surface area contributed by atoms with Crippen LogP contribution in [0.2, 0.25) is 0 Å². The van der Waals surface area contributed by atoms with Gasteiger partial charge < -0.3 is 10.1 Å². The fraction of sp³-hybridized carbons (Fsp3) is 0.125. The molecule has 1 N–H and O–H groups in total. The molecule has 4 aromatic rings. The summed E-state index contributed by atoms with van der Waals surface area (Å²) >= 11 is 0. The SMILES string of the molecule is COc1ccc(-n2nc(-c3ccccc3)cc2C(=O)NCCc2ccccn2)cc1. The van der Waals surface area contributed by atoms with E-state index >= 15 is 0 Å². The third-order valence-electron chi connectivity index (χ3n) is 4.72. The van der Waals surface area contributed by atoms with Crippen LogP contribution in [0.3, 0.4) is 0 Å². The van der Waals surface area contributed by atoms with Crippen molar-refractivity contribution in [1.82, 2.24) is 20.1 Å². The molecule has 150 valence electrons. The summed E-state index contributed by atoms with van der Waals surface area (Å²) in [5, 5.41) is 7.68. The Morgan fingerprint density at radius 3 is 2.47 bits per heavy atom. The number of amides is 1. The molecule has 30 heavy (non-hydrogen) atoms. The molecule has 0 unspecified atom stereocenters. The molecule has 6 nitrogen and oxygen atoms in total. The van der Waals surface area contributed by atoms with Gasteiger partial charge in [-0.05, 0) is 42.5 Å². The smallest absolute Gasteiger partial charge is 0.270 e. The summed E-state index contributed by atoms with van der Waals surface area (Å²) in [7, 11) is 1.62. The van der Waals surface area contributed by atoms with Gasteiger partial charge in [-0.1, -0.05) is 36.4 Å². The summed E-state index contributed by atoms with van der Waals surface area (Å²) in [6.07, 6.45) is 2.41. The standard InChI is InChI=1S/C24H22N4O2/c1-30-21-12-10-20(11-13-21)28-23(17-22(27-28)18-7-3-2-4-8-18)24(29)26-16-14-19-9-5-6-15-25-19/h2-13,15,17H,14,16H2,1H3,(H,26,29). The average molecular weight is 398 g/mol. The van der Waals surface area contributed by atoms with Crippen molar-refractivity contribution in [3.05, 3.63) is 96.4 Å². The predicted octanol–water partition coefficient (Wildman–Crippen LogP) is 3.92. The van der Waals surface area contributed by atoms with Crippen molar-refractivity contribution in [2.24, 2.45) is 0 Å². The quantitative estimate of drug-likeness (QED) is 0.512. The van der Waals surface area contributed by atoms with Gasteiger partial charge in [0, 0.05) is 30.4 Å². The van der Waals surface area contributed by atoms with Crippen LogP contribution in [-0.4, -0.2) is 34.3 Å². The first-order valence-corrected chi connectivity index (χ1v) is 9.72. The molecule has 0 saturated carbocycles. The molecular weight excluding hydrogens is 376 g/mol. The number of carbonyl (C=O) groups excluding carboxylic acids is 1. The van der Waals surface area contributed by atoms with E-state index in [0.717, 1.165) is 28.4 Å². The van der Waals surface area contributed by atoms with Crippen LogP contribution in [0, 0.1) is 0 Å². The van der Waals surface area contributed by atoms with Gasteiger partial charge in [-0.3, -0.25) is 9.78 Å². The molecule has 6 heteroatoms. The second-order valence-electron chi connectivity index (χ2n) is 6.72. The van der Waals surface area contributed by atoms with Gasteiger partial charge in [0.05, 0.1) is 18.5 Å². The summed E-state index contributed by atoms with van der Waals surface area (Å²) < 4.78 is 6.90. The Hall–Kier alpha value is -3.93. The van der Waals surface area contributed by atoms with Crippen LogP contribution in [0.1, 0.15) is 16.2 Å². The molecule has 0 saturated heterocycles. The molecule has 0 radical (unpaired) electrons. The number of hydrogen-bond donors (Lipinski definition) is 1. The Labute approximate surface area is 175 Å². The predicted molar refractivity (Wildman–Crippen MR) is 116 cm³/mol. The topological polar surface area (TPSA) is 69.0 Å². The average Bonchev–Trinajstić information content (AvgIpc) is 3.26. The lowest BCUT2D eigenvalue weighted by molar-refractivity contribution is 0.0946. The minimum absolute atomic E-state index is 0.184. The van der Waals surface area contributed by atoms with Gasteiger partial charge in [-0.2, -0.15) is 5.10 Å². The zero-order valence-corrected chi connectivity index (χ0v) is 16.7. The highest BCUT2D eigenvalue weighted by Crippen LogP contribution is 2.23. The molecule has 0 bridgehead atoms. The van der Waals surface area contributed by atoms with E-state index < -0.39 is 0 Å². The van der Waals surface area contributed by atoms with Crippen LogP contribution in [0.15, 0.2) is 85.1 Å². The lowest BCUT2D eigenvalue weighted by Crippen LogP contribution is -2.28. The normalized spacial score (nSPS) is 10.6. The molecule has 0 aliphatic rings. The molecule has 2 aromatic carbocycles. The zero-order valence-electron chi connectivity index (χ0n) is 16.7. The van der Waals surface area contributed by atoms with E-state index in [0.29, 0.717) is 18.7 Å². The summed E-state index contributed by atoms with van der Waals surface area (Å²) in [6.45, 7) is 0.490. The van der Waals surface area contributed by atoms with Crippen LogP contribution in [-0.2, 0) is 6.42 Å². The lowest BCUT2D eigenvalue weighted by Gasteiger charge is -2.09. The molecule has 2 heterocycles.